The molecule has 0 saturated heterocycles. The first-order valence-electron chi connectivity index (χ1n) is 7.28. The zero-order valence-corrected chi connectivity index (χ0v) is 14.3. The van der Waals surface area contributed by atoms with E-state index in [1.165, 1.54) is 24.1 Å². The Balaban J connectivity index is 2.12. The lowest BCUT2D eigenvalue weighted by molar-refractivity contribution is 0.664. The van der Waals surface area contributed by atoms with Crippen molar-refractivity contribution in [3.05, 3.63) is 39.0 Å². The molecule has 0 spiro atoms. The van der Waals surface area contributed by atoms with Crippen LogP contribution in [-0.4, -0.2) is 16.5 Å². The molecule has 21 heavy (non-hydrogen) atoms. The summed E-state index contributed by atoms with van der Waals surface area (Å²) in [7, 11) is 0. The summed E-state index contributed by atoms with van der Waals surface area (Å²) in [5, 5.41) is 4.09. The third-order valence-electron chi connectivity index (χ3n) is 3.70. The smallest absolute Gasteiger partial charge is 0.162 e. The number of hydrogen-bond donors (Lipinski definition) is 1. The quantitative estimate of drug-likeness (QED) is 0.842. The monoisotopic (exact) mass is 365 g/mol. The van der Waals surface area contributed by atoms with Crippen LogP contribution in [0.15, 0.2) is 22.7 Å². The highest BCUT2D eigenvalue weighted by molar-refractivity contribution is 9.10. The van der Waals surface area contributed by atoms with Crippen molar-refractivity contribution in [3.8, 4) is 11.4 Å². The van der Waals surface area contributed by atoms with Crippen LogP contribution in [0.25, 0.3) is 11.4 Å². The molecular formula is C16H17BrClN3. The van der Waals surface area contributed by atoms with Gasteiger partial charge in [0.1, 0.15) is 5.82 Å². The number of aromatic nitrogens is 2. The summed E-state index contributed by atoms with van der Waals surface area (Å²) in [4.78, 5) is 9.53. The summed E-state index contributed by atoms with van der Waals surface area (Å²) in [6.45, 7) is 2.96. The van der Waals surface area contributed by atoms with Gasteiger partial charge in [0, 0.05) is 32.9 Å². The van der Waals surface area contributed by atoms with Gasteiger partial charge in [0.2, 0.25) is 0 Å². The van der Waals surface area contributed by atoms with E-state index in [0.29, 0.717) is 5.02 Å². The largest absolute Gasteiger partial charge is 0.370 e. The lowest BCUT2D eigenvalue weighted by Crippen LogP contribution is -2.13. The Kier molecular flexibility index (Phi) is 4.45. The number of nitrogens with zero attached hydrogens (tertiary/aromatic N) is 2. The van der Waals surface area contributed by atoms with Crippen LogP contribution in [0.2, 0.25) is 5.02 Å². The van der Waals surface area contributed by atoms with E-state index in [0.717, 1.165) is 41.1 Å². The van der Waals surface area contributed by atoms with Crippen LogP contribution < -0.4 is 5.32 Å². The molecule has 0 unspecified atom stereocenters. The summed E-state index contributed by atoms with van der Waals surface area (Å²) < 4.78 is 0.924. The van der Waals surface area contributed by atoms with Crippen LogP contribution in [0.5, 0.6) is 0 Å². The van der Waals surface area contributed by atoms with E-state index < -0.39 is 0 Å². The van der Waals surface area contributed by atoms with Crippen LogP contribution >= 0.6 is 27.5 Å². The first kappa shape index (κ1) is 14.8. The molecule has 0 atom stereocenters. The highest BCUT2D eigenvalue weighted by Crippen LogP contribution is 2.32. The van der Waals surface area contributed by atoms with Gasteiger partial charge in [0.15, 0.2) is 5.82 Å². The number of hydrogen-bond acceptors (Lipinski definition) is 3. The molecular weight excluding hydrogens is 350 g/mol. The van der Waals surface area contributed by atoms with E-state index in [1.54, 1.807) is 0 Å². The van der Waals surface area contributed by atoms with Gasteiger partial charge >= 0.3 is 0 Å². The first-order chi connectivity index (χ1) is 10.2. The molecule has 0 saturated carbocycles. The lowest BCUT2D eigenvalue weighted by Gasteiger charge is -2.19. The highest BCUT2D eigenvalue weighted by atomic mass is 79.9. The second-order valence-electron chi connectivity index (χ2n) is 5.18. The predicted octanol–water partition coefficient (Wildman–Crippen LogP) is 4.87. The zero-order chi connectivity index (χ0) is 14.8. The van der Waals surface area contributed by atoms with E-state index in [-0.39, 0.29) is 0 Å². The SMILES string of the molecule is CCNc1nc(-c2ccc(Cl)cc2Br)nc2c1CCCC2. The van der Waals surface area contributed by atoms with Gasteiger partial charge in [-0.2, -0.15) is 0 Å². The molecule has 2 aromatic rings. The van der Waals surface area contributed by atoms with Crippen molar-refractivity contribution < 1.29 is 0 Å². The molecule has 0 bridgehead atoms. The fourth-order valence-corrected chi connectivity index (χ4v) is 3.56. The topological polar surface area (TPSA) is 37.8 Å². The number of rotatable bonds is 3. The van der Waals surface area contributed by atoms with Gasteiger partial charge < -0.3 is 5.32 Å². The molecule has 0 amide bonds. The fraction of sp³-hybridized carbons (Fsp3) is 0.375. The second kappa shape index (κ2) is 6.32. The Bertz CT molecular complexity index is 673. The van der Waals surface area contributed by atoms with E-state index in [1.807, 2.05) is 18.2 Å². The summed E-state index contributed by atoms with van der Waals surface area (Å²) in [5.74, 6) is 1.74. The number of nitrogens with one attached hydrogen (secondary N) is 1. The van der Waals surface area contributed by atoms with Crippen molar-refractivity contribution in [2.75, 3.05) is 11.9 Å². The van der Waals surface area contributed by atoms with Gasteiger partial charge in [0.05, 0.1) is 0 Å². The van der Waals surface area contributed by atoms with E-state index in [2.05, 4.69) is 28.2 Å². The maximum absolute atomic E-state index is 6.02. The molecule has 1 aromatic heterocycles. The van der Waals surface area contributed by atoms with Gasteiger partial charge in [-0.3, -0.25) is 0 Å². The van der Waals surface area contributed by atoms with Crippen LogP contribution in [-0.2, 0) is 12.8 Å². The predicted molar refractivity (Wildman–Crippen MR) is 91.0 cm³/mol. The highest BCUT2D eigenvalue weighted by Gasteiger charge is 2.19. The molecule has 110 valence electrons. The van der Waals surface area contributed by atoms with Gasteiger partial charge in [-0.25, -0.2) is 9.97 Å². The maximum Gasteiger partial charge on any atom is 0.162 e. The Morgan fingerprint density at radius 3 is 2.81 bits per heavy atom. The Morgan fingerprint density at radius 1 is 1.24 bits per heavy atom. The standard InChI is InChI=1S/C16H17BrClN3/c1-2-19-15-12-5-3-4-6-14(12)20-16(21-15)11-8-7-10(18)9-13(11)17/h7-9H,2-6H2,1H3,(H,19,20,21). The van der Waals surface area contributed by atoms with Gasteiger partial charge in [-0.15, -0.1) is 0 Å². The molecule has 3 rings (SSSR count). The molecule has 0 radical (unpaired) electrons. The summed E-state index contributed by atoms with van der Waals surface area (Å²) in [5.41, 5.74) is 3.45. The Labute approximate surface area is 138 Å². The molecule has 1 aliphatic rings. The minimum absolute atomic E-state index is 0.704. The van der Waals surface area contributed by atoms with Crippen molar-refractivity contribution in [2.45, 2.75) is 32.6 Å². The number of anilines is 1. The molecule has 1 aliphatic carbocycles. The summed E-state index contributed by atoms with van der Waals surface area (Å²) in [6, 6.07) is 5.72. The third kappa shape index (κ3) is 3.06. The fourth-order valence-electron chi connectivity index (χ4n) is 2.70. The molecule has 3 nitrogen and oxygen atoms in total. The zero-order valence-electron chi connectivity index (χ0n) is 11.9. The molecule has 1 N–H and O–H groups in total. The van der Waals surface area contributed by atoms with E-state index in [9.17, 15) is 0 Å². The minimum atomic E-state index is 0.704. The normalized spacial score (nSPS) is 13.9. The van der Waals surface area contributed by atoms with Crippen molar-refractivity contribution >= 4 is 33.3 Å². The van der Waals surface area contributed by atoms with Crippen LogP contribution in [0, 0.1) is 0 Å². The Morgan fingerprint density at radius 2 is 2.05 bits per heavy atom. The van der Waals surface area contributed by atoms with Crippen molar-refractivity contribution in [2.24, 2.45) is 0 Å². The average molecular weight is 367 g/mol. The summed E-state index contributed by atoms with van der Waals surface area (Å²) in [6.07, 6.45) is 4.53. The first-order valence-corrected chi connectivity index (χ1v) is 8.45. The maximum atomic E-state index is 6.02. The van der Waals surface area contributed by atoms with Gasteiger partial charge in [0.25, 0.3) is 0 Å². The van der Waals surface area contributed by atoms with Crippen LogP contribution in [0.1, 0.15) is 31.0 Å². The Hall–Kier alpha value is -1.13. The van der Waals surface area contributed by atoms with Crippen LogP contribution in [0.4, 0.5) is 5.82 Å². The van der Waals surface area contributed by atoms with E-state index >= 15 is 0 Å². The number of aryl methyl sites for hydroxylation is 1. The molecule has 0 aliphatic heterocycles. The summed E-state index contributed by atoms with van der Waals surface area (Å²) >= 11 is 9.58. The number of halogens is 2. The van der Waals surface area contributed by atoms with Crippen molar-refractivity contribution in [1.29, 1.82) is 0 Å². The third-order valence-corrected chi connectivity index (χ3v) is 4.59. The number of benzene rings is 1. The van der Waals surface area contributed by atoms with Crippen molar-refractivity contribution in [1.82, 2.24) is 9.97 Å². The second-order valence-corrected chi connectivity index (χ2v) is 6.47. The van der Waals surface area contributed by atoms with Gasteiger partial charge in [-0.05, 0) is 66.7 Å². The lowest BCUT2D eigenvalue weighted by atomic mass is 9.96. The molecule has 1 heterocycles. The molecule has 0 fully saturated rings. The minimum Gasteiger partial charge on any atom is -0.370 e. The molecule has 5 heteroatoms. The molecule has 1 aromatic carbocycles. The average Bonchev–Trinajstić information content (AvgIpc) is 2.47. The van der Waals surface area contributed by atoms with Crippen LogP contribution in [0.3, 0.4) is 0 Å². The number of fused-ring (bicyclic) bond motifs is 1. The van der Waals surface area contributed by atoms with Gasteiger partial charge in [-0.1, -0.05) is 11.6 Å². The van der Waals surface area contributed by atoms with Crippen molar-refractivity contribution in [3.63, 3.8) is 0 Å². The van der Waals surface area contributed by atoms with E-state index in [4.69, 9.17) is 21.6 Å².